The molecule has 0 aliphatic rings. The maximum Gasteiger partial charge on any atom is 0.0408 e. The van der Waals surface area contributed by atoms with Gasteiger partial charge in [0.1, 0.15) is 0 Å². The molecule has 1 aromatic carbocycles. The molecule has 1 atom stereocenters. The maximum absolute atomic E-state index is 6.12. The van der Waals surface area contributed by atoms with Crippen LogP contribution in [-0.4, -0.2) is 6.04 Å². The predicted molar refractivity (Wildman–Crippen MR) is 71.8 cm³/mol. The zero-order chi connectivity index (χ0) is 12.2. The largest absolute Gasteiger partial charge is 0.327 e. The Balaban J connectivity index is 2.43. The molecule has 90 valence electrons. The lowest BCUT2D eigenvalue weighted by atomic mass is 9.87. The van der Waals surface area contributed by atoms with Crippen molar-refractivity contribution in [2.75, 3.05) is 0 Å². The monoisotopic (exact) mass is 239 g/mol. The van der Waals surface area contributed by atoms with E-state index in [-0.39, 0.29) is 6.04 Å². The van der Waals surface area contributed by atoms with Gasteiger partial charge in [-0.15, -0.1) is 0 Å². The van der Waals surface area contributed by atoms with Gasteiger partial charge in [-0.1, -0.05) is 44.5 Å². The molecule has 0 heterocycles. The third kappa shape index (κ3) is 5.53. The SMILES string of the molecule is CC(C)(C)CCC(N)Cc1cccc(Cl)c1. The summed E-state index contributed by atoms with van der Waals surface area (Å²) in [7, 11) is 0. The van der Waals surface area contributed by atoms with E-state index in [1.807, 2.05) is 18.2 Å². The highest BCUT2D eigenvalue weighted by Gasteiger charge is 2.13. The van der Waals surface area contributed by atoms with E-state index in [0.717, 1.165) is 24.3 Å². The van der Waals surface area contributed by atoms with Crippen LogP contribution >= 0.6 is 11.6 Å². The minimum atomic E-state index is 0.234. The minimum Gasteiger partial charge on any atom is -0.327 e. The Morgan fingerprint density at radius 3 is 2.56 bits per heavy atom. The second kappa shape index (κ2) is 5.70. The molecule has 2 heteroatoms. The Bertz CT molecular complexity index is 328. The van der Waals surface area contributed by atoms with Crippen molar-refractivity contribution >= 4 is 11.6 Å². The summed E-state index contributed by atoms with van der Waals surface area (Å²) in [6.07, 6.45) is 3.14. The van der Waals surface area contributed by atoms with Crippen LogP contribution in [0.15, 0.2) is 24.3 Å². The van der Waals surface area contributed by atoms with E-state index in [9.17, 15) is 0 Å². The van der Waals surface area contributed by atoms with Gasteiger partial charge in [0, 0.05) is 11.1 Å². The van der Waals surface area contributed by atoms with Crippen molar-refractivity contribution in [3.63, 3.8) is 0 Å². The summed E-state index contributed by atoms with van der Waals surface area (Å²) in [4.78, 5) is 0. The summed E-state index contributed by atoms with van der Waals surface area (Å²) >= 11 is 5.94. The van der Waals surface area contributed by atoms with Gasteiger partial charge in [0.2, 0.25) is 0 Å². The van der Waals surface area contributed by atoms with Crippen molar-refractivity contribution in [2.45, 2.75) is 46.1 Å². The summed E-state index contributed by atoms with van der Waals surface area (Å²) < 4.78 is 0. The first-order valence-electron chi connectivity index (χ1n) is 5.87. The Morgan fingerprint density at radius 2 is 2.00 bits per heavy atom. The second-order valence-corrected chi connectivity index (χ2v) is 6.13. The van der Waals surface area contributed by atoms with Gasteiger partial charge < -0.3 is 5.73 Å². The van der Waals surface area contributed by atoms with Crippen molar-refractivity contribution in [2.24, 2.45) is 11.1 Å². The number of benzene rings is 1. The van der Waals surface area contributed by atoms with Crippen LogP contribution in [0.5, 0.6) is 0 Å². The molecule has 1 rings (SSSR count). The Kier molecular flexibility index (Phi) is 4.82. The van der Waals surface area contributed by atoms with Crippen molar-refractivity contribution in [3.05, 3.63) is 34.9 Å². The van der Waals surface area contributed by atoms with E-state index in [1.165, 1.54) is 5.56 Å². The first-order chi connectivity index (χ1) is 7.37. The van der Waals surface area contributed by atoms with Gasteiger partial charge in [-0.25, -0.2) is 0 Å². The quantitative estimate of drug-likeness (QED) is 0.844. The maximum atomic E-state index is 6.12. The van der Waals surface area contributed by atoms with E-state index >= 15 is 0 Å². The fourth-order valence-electron chi connectivity index (χ4n) is 1.69. The molecule has 0 spiro atoms. The first kappa shape index (κ1) is 13.5. The summed E-state index contributed by atoms with van der Waals surface area (Å²) in [6, 6.07) is 8.19. The van der Waals surface area contributed by atoms with Crippen LogP contribution in [0.25, 0.3) is 0 Å². The molecule has 1 unspecified atom stereocenters. The zero-order valence-corrected chi connectivity index (χ0v) is 11.2. The molecule has 0 saturated heterocycles. The van der Waals surface area contributed by atoms with Crippen LogP contribution < -0.4 is 5.73 Å². The second-order valence-electron chi connectivity index (χ2n) is 5.69. The fourth-order valence-corrected chi connectivity index (χ4v) is 1.90. The lowest BCUT2D eigenvalue weighted by Gasteiger charge is -2.20. The fraction of sp³-hybridized carbons (Fsp3) is 0.571. The third-order valence-corrected chi connectivity index (χ3v) is 2.89. The van der Waals surface area contributed by atoms with Crippen LogP contribution in [0.1, 0.15) is 39.2 Å². The van der Waals surface area contributed by atoms with Gasteiger partial charge in [0.15, 0.2) is 0 Å². The zero-order valence-electron chi connectivity index (χ0n) is 10.5. The molecule has 0 fully saturated rings. The van der Waals surface area contributed by atoms with Gasteiger partial charge >= 0.3 is 0 Å². The Morgan fingerprint density at radius 1 is 1.31 bits per heavy atom. The summed E-state index contributed by atoms with van der Waals surface area (Å²) in [5.41, 5.74) is 7.72. The molecule has 1 nitrogen and oxygen atoms in total. The Labute approximate surface area is 104 Å². The molecule has 0 aliphatic carbocycles. The van der Waals surface area contributed by atoms with Crippen LogP contribution in [0.2, 0.25) is 5.02 Å². The van der Waals surface area contributed by atoms with E-state index in [2.05, 4.69) is 26.8 Å². The normalized spacial score (nSPS) is 13.8. The Hall–Kier alpha value is -0.530. The van der Waals surface area contributed by atoms with Crippen molar-refractivity contribution in [3.8, 4) is 0 Å². The molecular weight excluding hydrogens is 218 g/mol. The molecular formula is C14H22ClN. The number of rotatable bonds is 4. The van der Waals surface area contributed by atoms with Gasteiger partial charge in [0.05, 0.1) is 0 Å². The highest BCUT2D eigenvalue weighted by atomic mass is 35.5. The van der Waals surface area contributed by atoms with Gasteiger partial charge in [-0.2, -0.15) is 0 Å². The first-order valence-corrected chi connectivity index (χ1v) is 6.25. The molecule has 0 bridgehead atoms. The summed E-state index contributed by atoms with van der Waals surface area (Å²) in [6.45, 7) is 6.75. The highest BCUT2D eigenvalue weighted by Crippen LogP contribution is 2.22. The highest BCUT2D eigenvalue weighted by molar-refractivity contribution is 6.30. The smallest absolute Gasteiger partial charge is 0.0408 e. The third-order valence-electron chi connectivity index (χ3n) is 2.65. The number of hydrogen-bond acceptors (Lipinski definition) is 1. The van der Waals surface area contributed by atoms with Gasteiger partial charge in [-0.05, 0) is 42.4 Å². The molecule has 2 N–H and O–H groups in total. The predicted octanol–water partition coefficient (Wildman–Crippen LogP) is 4.04. The number of hydrogen-bond donors (Lipinski definition) is 1. The van der Waals surface area contributed by atoms with Crippen LogP contribution in [-0.2, 0) is 6.42 Å². The molecule has 0 aliphatic heterocycles. The topological polar surface area (TPSA) is 26.0 Å². The van der Waals surface area contributed by atoms with E-state index in [0.29, 0.717) is 5.41 Å². The number of nitrogens with two attached hydrogens (primary N) is 1. The van der Waals surface area contributed by atoms with Crippen LogP contribution in [0, 0.1) is 5.41 Å². The van der Waals surface area contributed by atoms with E-state index in [4.69, 9.17) is 17.3 Å². The minimum absolute atomic E-state index is 0.234. The summed E-state index contributed by atoms with van der Waals surface area (Å²) in [5.74, 6) is 0. The van der Waals surface area contributed by atoms with E-state index in [1.54, 1.807) is 0 Å². The molecule has 1 aromatic rings. The van der Waals surface area contributed by atoms with Gasteiger partial charge in [0.25, 0.3) is 0 Å². The average molecular weight is 240 g/mol. The molecule has 0 aromatic heterocycles. The van der Waals surface area contributed by atoms with Crippen molar-refractivity contribution < 1.29 is 0 Å². The standard InChI is InChI=1S/C14H22ClN/c1-14(2,3)8-7-13(16)10-11-5-4-6-12(15)9-11/h4-6,9,13H,7-8,10,16H2,1-3H3. The lowest BCUT2D eigenvalue weighted by Crippen LogP contribution is -2.24. The lowest BCUT2D eigenvalue weighted by molar-refractivity contribution is 0.347. The molecule has 0 radical (unpaired) electrons. The molecule has 16 heavy (non-hydrogen) atoms. The van der Waals surface area contributed by atoms with Crippen molar-refractivity contribution in [1.29, 1.82) is 0 Å². The van der Waals surface area contributed by atoms with Crippen LogP contribution in [0.3, 0.4) is 0 Å². The van der Waals surface area contributed by atoms with Gasteiger partial charge in [-0.3, -0.25) is 0 Å². The summed E-state index contributed by atoms with van der Waals surface area (Å²) in [5, 5.41) is 0.792. The molecule has 0 saturated carbocycles. The molecule has 0 amide bonds. The van der Waals surface area contributed by atoms with Crippen LogP contribution in [0.4, 0.5) is 0 Å². The average Bonchev–Trinajstić information content (AvgIpc) is 2.14. The number of halogens is 1. The van der Waals surface area contributed by atoms with Crippen molar-refractivity contribution in [1.82, 2.24) is 0 Å². The van der Waals surface area contributed by atoms with E-state index < -0.39 is 0 Å².